The first-order valence-corrected chi connectivity index (χ1v) is 7.63. The molecule has 1 saturated carbocycles. The summed E-state index contributed by atoms with van der Waals surface area (Å²) in [5.74, 6) is 3.89. The second-order valence-electron chi connectivity index (χ2n) is 5.55. The fourth-order valence-electron chi connectivity index (χ4n) is 2.20. The van der Waals surface area contributed by atoms with E-state index in [1.54, 1.807) is 14.2 Å². The minimum atomic E-state index is 0.485. The third kappa shape index (κ3) is 4.00. The number of nitrogens with one attached hydrogen (secondary N) is 2. The molecule has 3 rings (SSSR count). The van der Waals surface area contributed by atoms with Gasteiger partial charge in [0, 0.05) is 12.6 Å². The van der Waals surface area contributed by atoms with Gasteiger partial charge < -0.3 is 20.1 Å². The van der Waals surface area contributed by atoms with Gasteiger partial charge in [-0.05, 0) is 37.8 Å². The van der Waals surface area contributed by atoms with Crippen LogP contribution in [0.5, 0.6) is 11.5 Å². The van der Waals surface area contributed by atoms with Crippen LogP contribution < -0.4 is 20.1 Å². The van der Waals surface area contributed by atoms with Crippen molar-refractivity contribution in [2.24, 2.45) is 5.92 Å². The number of aryl methyl sites for hydroxylation is 1. The maximum Gasteiger partial charge on any atom is 0.232 e. The van der Waals surface area contributed by atoms with Crippen LogP contribution in [0.2, 0.25) is 0 Å². The molecule has 0 amide bonds. The molecule has 23 heavy (non-hydrogen) atoms. The Balaban J connectivity index is 1.78. The number of hydrogen-bond acceptors (Lipinski definition) is 7. The lowest BCUT2D eigenvalue weighted by Crippen LogP contribution is -2.10. The van der Waals surface area contributed by atoms with Crippen LogP contribution in [0.25, 0.3) is 0 Å². The summed E-state index contributed by atoms with van der Waals surface area (Å²) in [4.78, 5) is 13.1. The minimum absolute atomic E-state index is 0.485. The van der Waals surface area contributed by atoms with E-state index >= 15 is 0 Å². The molecule has 1 aliphatic rings. The Kier molecular flexibility index (Phi) is 4.45. The number of methoxy groups -OCH3 is 2. The lowest BCUT2D eigenvalue weighted by Gasteiger charge is -2.12. The van der Waals surface area contributed by atoms with Crippen molar-refractivity contribution in [1.29, 1.82) is 0 Å². The highest BCUT2D eigenvalue weighted by molar-refractivity contribution is 5.64. The summed E-state index contributed by atoms with van der Waals surface area (Å²) in [5.41, 5.74) is 0.770. The average molecular weight is 315 g/mol. The Morgan fingerprint density at radius 3 is 2.57 bits per heavy atom. The van der Waals surface area contributed by atoms with Crippen molar-refractivity contribution >= 4 is 17.6 Å². The fraction of sp³-hybridized carbons (Fsp3) is 0.438. The summed E-state index contributed by atoms with van der Waals surface area (Å²) in [6, 6.07) is 5.53. The maximum absolute atomic E-state index is 5.38. The second kappa shape index (κ2) is 6.68. The van der Waals surface area contributed by atoms with Crippen molar-refractivity contribution in [3.05, 3.63) is 24.0 Å². The van der Waals surface area contributed by atoms with Crippen LogP contribution in [0, 0.1) is 12.8 Å². The summed E-state index contributed by atoms with van der Waals surface area (Å²) in [7, 11) is 3.23. The number of hydrogen-bond donors (Lipinski definition) is 2. The first-order valence-electron chi connectivity index (χ1n) is 7.63. The highest BCUT2D eigenvalue weighted by Gasteiger charge is 2.21. The summed E-state index contributed by atoms with van der Waals surface area (Å²) in [6.45, 7) is 2.76. The van der Waals surface area contributed by atoms with Gasteiger partial charge in [-0.15, -0.1) is 0 Å². The molecule has 1 heterocycles. The lowest BCUT2D eigenvalue weighted by atomic mass is 10.2. The van der Waals surface area contributed by atoms with Gasteiger partial charge in [-0.25, -0.2) is 0 Å². The Morgan fingerprint density at radius 2 is 1.87 bits per heavy atom. The molecule has 1 aromatic heterocycles. The van der Waals surface area contributed by atoms with E-state index in [0.717, 1.165) is 23.9 Å². The predicted molar refractivity (Wildman–Crippen MR) is 88.6 cm³/mol. The first-order chi connectivity index (χ1) is 11.2. The van der Waals surface area contributed by atoms with Gasteiger partial charge >= 0.3 is 0 Å². The van der Waals surface area contributed by atoms with Gasteiger partial charge in [-0.2, -0.15) is 15.0 Å². The molecular weight excluding hydrogens is 294 g/mol. The number of rotatable bonds is 7. The van der Waals surface area contributed by atoms with E-state index in [0.29, 0.717) is 23.5 Å². The fourth-order valence-corrected chi connectivity index (χ4v) is 2.20. The molecule has 0 spiro atoms. The molecule has 2 aromatic rings. The van der Waals surface area contributed by atoms with E-state index < -0.39 is 0 Å². The van der Waals surface area contributed by atoms with Crippen LogP contribution in [0.15, 0.2) is 18.2 Å². The first kappa shape index (κ1) is 15.3. The minimum Gasteiger partial charge on any atom is -0.497 e. The molecule has 0 aliphatic heterocycles. The molecule has 0 radical (unpaired) electrons. The largest absolute Gasteiger partial charge is 0.497 e. The molecule has 1 aliphatic carbocycles. The number of benzene rings is 1. The number of ether oxygens (including phenoxy) is 2. The Labute approximate surface area is 135 Å². The van der Waals surface area contributed by atoms with Crippen molar-refractivity contribution in [3.8, 4) is 11.5 Å². The molecule has 1 aromatic carbocycles. The van der Waals surface area contributed by atoms with E-state index in [4.69, 9.17) is 9.47 Å². The van der Waals surface area contributed by atoms with Crippen molar-refractivity contribution < 1.29 is 9.47 Å². The molecule has 0 saturated heterocycles. The van der Waals surface area contributed by atoms with Gasteiger partial charge in [-0.1, -0.05) is 0 Å². The summed E-state index contributed by atoms with van der Waals surface area (Å²) in [6.07, 6.45) is 2.57. The van der Waals surface area contributed by atoms with Gasteiger partial charge in [0.2, 0.25) is 11.9 Å². The monoisotopic (exact) mass is 315 g/mol. The van der Waals surface area contributed by atoms with Crippen molar-refractivity contribution in [3.63, 3.8) is 0 Å². The van der Waals surface area contributed by atoms with Crippen LogP contribution >= 0.6 is 0 Å². The molecule has 2 N–H and O–H groups in total. The molecule has 7 nitrogen and oxygen atoms in total. The molecule has 0 bridgehead atoms. The van der Waals surface area contributed by atoms with Crippen LogP contribution in [-0.4, -0.2) is 35.7 Å². The number of anilines is 3. The number of nitrogens with zero attached hydrogens (tertiary/aromatic N) is 3. The molecule has 7 heteroatoms. The average Bonchev–Trinajstić information content (AvgIpc) is 3.37. The van der Waals surface area contributed by atoms with Gasteiger partial charge in [0.05, 0.1) is 19.9 Å². The highest BCUT2D eigenvalue weighted by atomic mass is 16.5. The van der Waals surface area contributed by atoms with Crippen molar-refractivity contribution in [1.82, 2.24) is 15.0 Å². The van der Waals surface area contributed by atoms with Crippen LogP contribution in [0.4, 0.5) is 17.6 Å². The summed E-state index contributed by atoms with van der Waals surface area (Å²) < 4.78 is 10.6. The SMILES string of the molecule is COc1ccc(Nc2nc(C)nc(NCC3CC3)n2)c(OC)c1. The lowest BCUT2D eigenvalue weighted by molar-refractivity contribution is 0.395. The van der Waals surface area contributed by atoms with Crippen LogP contribution in [0.3, 0.4) is 0 Å². The predicted octanol–water partition coefficient (Wildman–Crippen LogP) is 2.76. The molecule has 0 atom stereocenters. The molecule has 122 valence electrons. The van der Waals surface area contributed by atoms with Gasteiger partial charge in [-0.3, -0.25) is 0 Å². The van der Waals surface area contributed by atoms with Crippen molar-refractivity contribution in [2.75, 3.05) is 31.4 Å². The topological polar surface area (TPSA) is 81.2 Å². The van der Waals surface area contributed by atoms with Crippen molar-refractivity contribution in [2.45, 2.75) is 19.8 Å². The van der Waals surface area contributed by atoms with Crippen LogP contribution in [0.1, 0.15) is 18.7 Å². The summed E-state index contributed by atoms with van der Waals surface area (Å²) in [5, 5.41) is 6.44. The number of aromatic nitrogens is 3. The quantitative estimate of drug-likeness (QED) is 0.813. The summed E-state index contributed by atoms with van der Waals surface area (Å²) >= 11 is 0. The Bertz CT molecular complexity index is 688. The van der Waals surface area contributed by atoms with E-state index in [2.05, 4.69) is 25.6 Å². The normalized spacial score (nSPS) is 13.5. The van der Waals surface area contributed by atoms with Crippen LogP contribution in [-0.2, 0) is 0 Å². The Hall–Kier alpha value is -2.57. The van der Waals surface area contributed by atoms with E-state index in [1.165, 1.54) is 12.8 Å². The van der Waals surface area contributed by atoms with E-state index in [1.807, 2.05) is 25.1 Å². The standard InChI is InChI=1S/C16H21N5O2/c1-10-18-15(17-9-11-4-5-11)21-16(19-10)20-13-7-6-12(22-2)8-14(13)23-3/h6-8,11H,4-5,9H2,1-3H3,(H2,17,18,19,20,21). The van der Waals surface area contributed by atoms with Gasteiger partial charge in [0.1, 0.15) is 17.3 Å². The van der Waals surface area contributed by atoms with E-state index in [-0.39, 0.29) is 0 Å². The third-order valence-corrected chi connectivity index (χ3v) is 3.65. The van der Waals surface area contributed by atoms with Gasteiger partial charge in [0.15, 0.2) is 0 Å². The Morgan fingerprint density at radius 1 is 1.09 bits per heavy atom. The van der Waals surface area contributed by atoms with E-state index in [9.17, 15) is 0 Å². The molecular formula is C16H21N5O2. The van der Waals surface area contributed by atoms with Gasteiger partial charge in [0.25, 0.3) is 0 Å². The highest BCUT2D eigenvalue weighted by Crippen LogP contribution is 2.31. The zero-order valence-electron chi connectivity index (χ0n) is 13.6. The molecule has 0 unspecified atom stereocenters. The smallest absolute Gasteiger partial charge is 0.232 e. The zero-order chi connectivity index (χ0) is 16.2. The zero-order valence-corrected chi connectivity index (χ0v) is 13.6. The molecule has 1 fully saturated rings. The second-order valence-corrected chi connectivity index (χ2v) is 5.55. The third-order valence-electron chi connectivity index (χ3n) is 3.65. The maximum atomic E-state index is 5.38.